The van der Waals surface area contributed by atoms with Gasteiger partial charge in [0.05, 0.1) is 16.9 Å². The van der Waals surface area contributed by atoms with Crippen molar-refractivity contribution in [3.8, 4) is 0 Å². The number of para-hydroxylation sites is 1. The number of benzene rings is 1. The zero-order chi connectivity index (χ0) is 15.5. The minimum Gasteiger partial charge on any atom is -0.268 e. The topological polar surface area (TPSA) is 46.1 Å². The van der Waals surface area contributed by atoms with Crippen molar-refractivity contribution in [3.05, 3.63) is 70.5 Å². The van der Waals surface area contributed by atoms with Crippen LogP contribution in [0.1, 0.15) is 16.1 Å². The lowest BCUT2D eigenvalue weighted by molar-refractivity contribution is 0.0999. The summed E-state index contributed by atoms with van der Waals surface area (Å²) in [7, 11) is 0. The molecule has 0 spiro atoms. The average molecular weight is 330 g/mol. The van der Waals surface area contributed by atoms with Gasteiger partial charge in [-0.25, -0.2) is 9.97 Å². The molecule has 0 fully saturated rings. The van der Waals surface area contributed by atoms with Gasteiger partial charge in [-0.05, 0) is 31.2 Å². The highest BCUT2D eigenvalue weighted by Crippen LogP contribution is 2.31. The summed E-state index contributed by atoms with van der Waals surface area (Å²) in [6, 6.07) is 12.7. The van der Waals surface area contributed by atoms with Gasteiger partial charge in [0.15, 0.2) is 5.13 Å². The Hall–Kier alpha value is -2.24. The second-order valence-electron chi connectivity index (χ2n) is 4.59. The van der Waals surface area contributed by atoms with Gasteiger partial charge in [-0.2, -0.15) is 0 Å². The number of hydrogen-bond donors (Lipinski definition) is 0. The summed E-state index contributed by atoms with van der Waals surface area (Å²) >= 11 is 7.48. The molecule has 0 bridgehead atoms. The Bertz CT molecular complexity index is 804. The van der Waals surface area contributed by atoms with Crippen LogP contribution >= 0.6 is 22.9 Å². The minimum absolute atomic E-state index is 0.182. The standard InChI is InChI=1S/C16H12ClN3OS/c1-11-10-22-16(19-11)20(12-6-3-2-4-7-12)15(21)13-8-5-9-18-14(13)17/h2-10H,1H3. The first kappa shape index (κ1) is 14.7. The summed E-state index contributed by atoms with van der Waals surface area (Å²) < 4.78 is 0. The molecular formula is C16H12ClN3OS. The van der Waals surface area contributed by atoms with E-state index in [2.05, 4.69) is 9.97 Å². The van der Waals surface area contributed by atoms with E-state index in [4.69, 9.17) is 11.6 Å². The molecule has 22 heavy (non-hydrogen) atoms. The van der Waals surface area contributed by atoms with Crippen LogP contribution < -0.4 is 4.90 Å². The van der Waals surface area contributed by atoms with E-state index >= 15 is 0 Å². The van der Waals surface area contributed by atoms with Crippen LogP contribution in [-0.2, 0) is 0 Å². The Labute approximate surface area is 137 Å². The molecule has 3 rings (SSSR count). The number of thiazole rings is 1. The fourth-order valence-corrected chi connectivity index (χ4v) is 3.02. The van der Waals surface area contributed by atoms with Crippen molar-refractivity contribution in [3.63, 3.8) is 0 Å². The lowest BCUT2D eigenvalue weighted by Gasteiger charge is -2.20. The molecule has 0 saturated heterocycles. The molecule has 0 N–H and O–H groups in total. The molecule has 0 aliphatic heterocycles. The Morgan fingerprint density at radius 1 is 1.18 bits per heavy atom. The smallest absolute Gasteiger partial charge is 0.267 e. The van der Waals surface area contributed by atoms with E-state index in [1.165, 1.54) is 11.3 Å². The first-order valence-electron chi connectivity index (χ1n) is 6.59. The zero-order valence-corrected chi connectivity index (χ0v) is 13.3. The number of pyridine rings is 1. The Morgan fingerprint density at radius 2 is 1.95 bits per heavy atom. The molecular weight excluding hydrogens is 318 g/mol. The van der Waals surface area contributed by atoms with Gasteiger partial charge in [-0.1, -0.05) is 29.8 Å². The predicted octanol–water partition coefficient (Wildman–Crippen LogP) is 4.48. The number of halogens is 1. The van der Waals surface area contributed by atoms with Gasteiger partial charge < -0.3 is 0 Å². The summed E-state index contributed by atoms with van der Waals surface area (Å²) in [5.74, 6) is -0.251. The van der Waals surface area contributed by atoms with Crippen LogP contribution in [-0.4, -0.2) is 15.9 Å². The molecule has 0 radical (unpaired) electrons. The molecule has 3 aromatic rings. The first-order valence-corrected chi connectivity index (χ1v) is 7.85. The number of aryl methyl sites for hydroxylation is 1. The molecule has 1 amide bonds. The van der Waals surface area contributed by atoms with E-state index in [0.717, 1.165) is 11.4 Å². The van der Waals surface area contributed by atoms with E-state index < -0.39 is 0 Å². The molecule has 6 heteroatoms. The number of rotatable bonds is 3. The van der Waals surface area contributed by atoms with Crippen molar-refractivity contribution in [1.82, 2.24) is 9.97 Å². The largest absolute Gasteiger partial charge is 0.268 e. The number of carbonyl (C=O) groups is 1. The average Bonchev–Trinajstić information content (AvgIpc) is 2.95. The molecule has 2 heterocycles. The molecule has 0 aliphatic rings. The zero-order valence-electron chi connectivity index (χ0n) is 11.7. The van der Waals surface area contributed by atoms with Gasteiger partial charge in [0.25, 0.3) is 5.91 Å². The van der Waals surface area contributed by atoms with E-state index in [1.807, 2.05) is 42.6 Å². The summed E-state index contributed by atoms with van der Waals surface area (Å²) in [5.41, 5.74) is 1.95. The monoisotopic (exact) mass is 329 g/mol. The van der Waals surface area contributed by atoms with Crippen LogP contribution in [0.2, 0.25) is 5.15 Å². The maximum atomic E-state index is 12.9. The fourth-order valence-electron chi connectivity index (χ4n) is 2.00. The van der Waals surface area contributed by atoms with E-state index in [1.54, 1.807) is 23.2 Å². The molecule has 0 unspecified atom stereocenters. The van der Waals surface area contributed by atoms with Gasteiger partial charge in [-0.3, -0.25) is 9.69 Å². The van der Waals surface area contributed by atoms with Gasteiger partial charge in [-0.15, -0.1) is 11.3 Å². The van der Waals surface area contributed by atoms with Crippen LogP contribution in [0.4, 0.5) is 10.8 Å². The summed E-state index contributed by atoms with van der Waals surface area (Å²) in [5, 5.41) is 2.69. The number of aromatic nitrogens is 2. The molecule has 0 aliphatic carbocycles. The second kappa shape index (κ2) is 6.25. The Balaban J connectivity index is 2.10. The summed E-state index contributed by atoms with van der Waals surface area (Å²) in [6.07, 6.45) is 1.56. The third-order valence-electron chi connectivity index (χ3n) is 3.01. The van der Waals surface area contributed by atoms with E-state index in [9.17, 15) is 4.79 Å². The lowest BCUT2D eigenvalue weighted by atomic mass is 10.2. The first-order chi connectivity index (χ1) is 10.7. The van der Waals surface area contributed by atoms with Gasteiger partial charge in [0.2, 0.25) is 0 Å². The minimum atomic E-state index is -0.251. The number of carbonyl (C=O) groups excluding carboxylic acids is 1. The highest BCUT2D eigenvalue weighted by Gasteiger charge is 2.24. The van der Waals surface area contributed by atoms with Crippen LogP contribution in [0.5, 0.6) is 0 Å². The Kier molecular flexibility index (Phi) is 4.18. The van der Waals surface area contributed by atoms with Crippen molar-refractivity contribution in [2.24, 2.45) is 0 Å². The van der Waals surface area contributed by atoms with Crippen molar-refractivity contribution >= 4 is 39.7 Å². The van der Waals surface area contributed by atoms with Crippen LogP contribution in [0, 0.1) is 6.92 Å². The third-order valence-corrected chi connectivity index (χ3v) is 4.25. The molecule has 4 nitrogen and oxygen atoms in total. The van der Waals surface area contributed by atoms with Gasteiger partial charge >= 0.3 is 0 Å². The number of anilines is 2. The molecule has 2 aromatic heterocycles. The fraction of sp³-hybridized carbons (Fsp3) is 0.0625. The lowest BCUT2D eigenvalue weighted by Crippen LogP contribution is -2.26. The molecule has 110 valence electrons. The van der Waals surface area contributed by atoms with Gasteiger partial charge in [0, 0.05) is 11.6 Å². The van der Waals surface area contributed by atoms with Crippen LogP contribution in [0.15, 0.2) is 54.0 Å². The number of hydrogen-bond acceptors (Lipinski definition) is 4. The molecule has 1 aromatic carbocycles. The van der Waals surface area contributed by atoms with Gasteiger partial charge in [0.1, 0.15) is 5.15 Å². The maximum Gasteiger partial charge on any atom is 0.267 e. The van der Waals surface area contributed by atoms with Crippen molar-refractivity contribution in [1.29, 1.82) is 0 Å². The quantitative estimate of drug-likeness (QED) is 0.666. The van der Waals surface area contributed by atoms with Crippen molar-refractivity contribution in [2.75, 3.05) is 4.90 Å². The van der Waals surface area contributed by atoms with Crippen molar-refractivity contribution in [2.45, 2.75) is 6.92 Å². The molecule has 0 atom stereocenters. The highest BCUT2D eigenvalue weighted by molar-refractivity contribution is 7.14. The predicted molar refractivity (Wildman–Crippen MR) is 89.0 cm³/mol. The maximum absolute atomic E-state index is 12.9. The Morgan fingerprint density at radius 3 is 2.59 bits per heavy atom. The van der Waals surface area contributed by atoms with Crippen LogP contribution in [0.3, 0.4) is 0 Å². The van der Waals surface area contributed by atoms with Crippen molar-refractivity contribution < 1.29 is 4.79 Å². The SMILES string of the molecule is Cc1csc(N(C(=O)c2cccnc2Cl)c2ccccc2)n1. The number of amides is 1. The summed E-state index contributed by atoms with van der Waals surface area (Å²) in [6.45, 7) is 1.89. The normalized spacial score (nSPS) is 10.5. The van der Waals surface area contributed by atoms with E-state index in [-0.39, 0.29) is 11.1 Å². The van der Waals surface area contributed by atoms with Crippen LogP contribution in [0.25, 0.3) is 0 Å². The third kappa shape index (κ3) is 2.86. The number of nitrogens with zero attached hydrogens (tertiary/aromatic N) is 3. The second-order valence-corrected chi connectivity index (χ2v) is 5.78. The molecule has 0 saturated carbocycles. The van der Waals surface area contributed by atoms with E-state index in [0.29, 0.717) is 10.7 Å². The highest BCUT2D eigenvalue weighted by atomic mass is 35.5. The summed E-state index contributed by atoms with van der Waals surface area (Å²) in [4.78, 5) is 22.9.